The summed E-state index contributed by atoms with van der Waals surface area (Å²) in [7, 11) is 0. The minimum atomic E-state index is 0. The molecular weight excluding hydrogens is 209 g/mol. The van der Waals surface area contributed by atoms with Crippen molar-refractivity contribution in [3.63, 3.8) is 0 Å². The van der Waals surface area contributed by atoms with E-state index in [9.17, 15) is 0 Å². The summed E-state index contributed by atoms with van der Waals surface area (Å²) in [5.41, 5.74) is 1.12. The summed E-state index contributed by atoms with van der Waals surface area (Å²) in [6, 6.07) is 2.45. The van der Waals surface area contributed by atoms with E-state index < -0.39 is 0 Å². The maximum Gasteiger partial charge on any atom is 0.115 e. The number of rotatable bonds is 1. The van der Waals surface area contributed by atoms with E-state index in [2.05, 4.69) is 15.3 Å². The maximum absolute atomic E-state index is 4.19. The quantitative estimate of drug-likeness (QED) is 0.786. The average Bonchev–Trinajstić information content (AvgIpc) is 2.58. The van der Waals surface area contributed by atoms with Gasteiger partial charge in [0.25, 0.3) is 0 Å². The molecule has 1 atom stereocenters. The molecule has 1 fully saturated rings. The van der Waals surface area contributed by atoms with Gasteiger partial charge in [-0.1, -0.05) is 0 Å². The second-order valence-corrected chi connectivity index (χ2v) is 2.78. The van der Waals surface area contributed by atoms with Gasteiger partial charge >= 0.3 is 0 Å². The van der Waals surface area contributed by atoms with Crippen LogP contribution in [0.25, 0.3) is 0 Å². The van der Waals surface area contributed by atoms with Gasteiger partial charge in [0, 0.05) is 12.2 Å². The van der Waals surface area contributed by atoms with Gasteiger partial charge in [-0.2, -0.15) is 0 Å². The normalized spacial score (nSPS) is 20.2. The van der Waals surface area contributed by atoms with Crippen molar-refractivity contribution >= 4 is 24.8 Å². The largest absolute Gasteiger partial charge is 0.309 e. The summed E-state index contributed by atoms with van der Waals surface area (Å²) in [5.74, 6) is 0. The molecule has 1 aliphatic rings. The molecule has 74 valence electrons. The first-order valence-electron chi connectivity index (χ1n) is 3.96. The van der Waals surface area contributed by atoms with Crippen LogP contribution in [-0.2, 0) is 0 Å². The number of aromatic nitrogens is 2. The zero-order valence-electron chi connectivity index (χ0n) is 7.14. The highest BCUT2D eigenvalue weighted by Crippen LogP contribution is 2.19. The van der Waals surface area contributed by atoms with E-state index in [0.29, 0.717) is 6.04 Å². The molecule has 0 radical (unpaired) electrons. The fourth-order valence-electron chi connectivity index (χ4n) is 1.44. The first kappa shape index (κ1) is 12.6. The molecule has 13 heavy (non-hydrogen) atoms. The molecule has 3 nitrogen and oxygen atoms in total. The van der Waals surface area contributed by atoms with Crippen LogP contribution in [0.1, 0.15) is 24.6 Å². The van der Waals surface area contributed by atoms with Crippen molar-refractivity contribution in [2.24, 2.45) is 0 Å². The first-order valence-corrected chi connectivity index (χ1v) is 3.96. The van der Waals surface area contributed by atoms with Crippen LogP contribution in [0.2, 0.25) is 0 Å². The zero-order valence-corrected chi connectivity index (χ0v) is 8.77. The lowest BCUT2D eigenvalue weighted by Crippen LogP contribution is -2.13. The smallest absolute Gasteiger partial charge is 0.115 e. The van der Waals surface area contributed by atoms with E-state index in [1.165, 1.54) is 12.8 Å². The molecule has 0 aliphatic carbocycles. The zero-order chi connectivity index (χ0) is 7.52. The third kappa shape index (κ3) is 3.10. The molecule has 2 rings (SSSR count). The molecule has 0 aromatic carbocycles. The van der Waals surface area contributed by atoms with E-state index in [1.54, 1.807) is 12.5 Å². The maximum atomic E-state index is 4.19. The monoisotopic (exact) mass is 221 g/mol. The van der Waals surface area contributed by atoms with Crippen molar-refractivity contribution in [2.75, 3.05) is 6.54 Å². The summed E-state index contributed by atoms with van der Waals surface area (Å²) >= 11 is 0. The Bertz CT molecular complexity index is 224. The van der Waals surface area contributed by atoms with Gasteiger partial charge in [0.2, 0.25) is 0 Å². The molecule has 0 saturated carbocycles. The van der Waals surface area contributed by atoms with Crippen molar-refractivity contribution in [3.05, 3.63) is 24.3 Å². The minimum Gasteiger partial charge on any atom is -0.309 e. The van der Waals surface area contributed by atoms with Crippen molar-refractivity contribution in [2.45, 2.75) is 18.9 Å². The lowest BCUT2D eigenvalue weighted by atomic mass is 10.1. The van der Waals surface area contributed by atoms with E-state index in [0.717, 1.165) is 12.2 Å². The molecular formula is C8H13Cl2N3. The summed E-state index contributed by atoms with van der Waals surface area (Å²) in [5, 5.41) is 3.38. The highest BCUT2D eigenvalue weighted by molar-refractivity contribution is 5.85. The van der Waals surface area contributed by atoms with Crippen LogP contribution in [0.5, 0.6) is 0 Å². The van der Waals surface area contributed by atoms with Gasteiger partial charge in [-0.05, 0) is 25.5 Å². The third-order valence-electron chi connectivity index (χ3n) is 2.02. The molecule has 2 heterocycles. The van der Waals surface area contributed by atoms with Crippen LogP contribution >= 0.6 is 24.8 Å². The van der Waals surface area contributed by atoms with Crippen molar-refractivity contribution in [1.29, 1.82) is 0 Å². The standard InChI is InChI=1S/C8H11N3.2ClH/c1-2-7(10-4-1)8-3-5-9-6-11-8;;/h3,5-7,10H,1-2,4H2;2*1H. The van der Waals surface area contributed by atoms with Crippen molar-refractivity contribution < 1.29 is 0 Å². The molecule has 1 aromatic heterocycles. The molecule has 1 N–H and O–H groups in total. The summed E-state index contributed by atoms with van der Waals surface area (Å²) in [6.07, 6.45) is 5.86. The lowest BCUT2D eigenvalue weighted by Gasteiger charge is -2.07. The first-order chi connectivity index (χ1) is 5.47. The van der Waals surface area contributed by atoms with Crippen LogP contribution in [0.4, 0.5) is 0 Å². The van der Waals surface area contributed by atoms with Gasteiger partial charge < -0.3 is 5.32 Å². The second kappa shape index (κ2) is 6.13. The minimum absolute atomic E-state index is 0. The molecule has 0 amide bonds. The summed E-state index contributed by atoms with van der Waals surface area (Å²) in [6.45, 7) is 1.12. The Morgan fingerprint density at radius 2 is 2.23 bits per heavy atom. The van der Waals surface area contributed by atoms with Crippen molar-refractivity contribution in [1.82, 2.24) is 15.3 Å². The number of nitrogens with one attached hydrogen (secondary N) is 1. The lowest BCUT2D eigenvalue weighted by molar-refractivity contribution is 0.625. The Morgan fingerprint density at radius 1 is 1.38 bits per heavy atom. The van der Waals surface area contributed by atoms with Gasteiger partial charge in [-0.25, -0.2) is 9.97 Å². The molecule has 0 bridgehead atoms. The Morgan fingerprint density at radius 3 is 2.77 bits per heavy atom. The van der Waals surface area contributed by atoms with Crippen LogP contribution in [-0.4, -0.2) is 16.5 Å². The number of hydrogen-bond acceptors (Lipinski definition) is 3. The SMILES string of the molecule is Cl.Cl.c1cc(C2CCCN2)ncn1. The van der Waals surface area contributed by atoms with E-state index in [1.807, 2.05) is 6.07 Å². The topological polar surface area (TPSA) is 37.8 Å². The highest BCUT2D eigenvalue weighted by Gasteiger charge is 2.16. The van der Waals surface area contributed by atoms with E-state index in [4.69, 9.17) is 0 Å². The molecule has 1 unspecified atom stereocenters. The van der Waals surface area contributed by atoms with E-state index >= 15 is 0 Å². The average molecular weight is 222 g/mol. The molecule has 1 aromatic rings. The Hall–Kier alpha value is -0.380. The van der Waals surface area contributed by atoms with Crippen LogP contribution in [0.15, 0.2) is 18.6 Å². The second-order valence-electron chi connectivity index (χ2n) is 2.78. The van der Waals surface area contributed by atoms with Crippen LogP contribution < -0.4 is 5.32 Å². The number of hydrogen-bond donors (Lipinski definition) is 1. The molecule has 1 aliphatic heterocycles. The van der Waals surface area contributed by atoms with E-state index in [-0.39, 0.29) is 24.8 Å². The van der Waals surface area contributed by atoms with Crippen LogP contribution in [0.3, 0.4) is 0 Å². The fraction of sp³-hybridized carbons (Fsp3) is 0.500. The Labute approximate surface area is 90.2 Å². The molecule has 5 heteroatoms. The van der Waals surface area contributed by atoms with Gasteiger partial charge in [0.05, 0.1) is 5.69 Å². The van der Waals surface area contributed by atoms with Gasteiger partial charge in [-0.15, -0.1) is 24.8 Å². The number of halogens is 2. The number of nitrogens with zero attached hydrogens (tertiary/aromatic N) is 2. The Kier molecular flexibility index (Phi) is 5.95. The van der Waals surface area contributed by atoms with Gasteiger partial charge in [0.1, 0.15) is 6.33 Å². The predicted molar refractivity (Wildman–Crippen MR) is 56.5 cm³/mol. The third-order valence-corrected chi connectivity index (χ3v) is 2.02. The van der Waals surface area contributed by atoms with Crippen LogP contribution in [0, 0.1) is 0 Å². The molecule has 1 saturated heterocycles. The summed E-state index contributed by atoms with van der Waals surface area (Å²) in [4.78, 5) is 8.07. The van der Waals surface area contributed by atoms with Crippen molar-refractivity contribution in [3.8, 4) is 0 Å². The fourth-order valence-corrected chi connectivity index (χ4v) is 1.44. The van der Waals surface area contributed by atoms with Gasteiger partial charge in [0.15, 0.2) is 0 Å². The van der Waals surface area contributed by atoms with Gasteiger partial charge in [-0.3, -0.25) is 0 Å². The molecule has 0 spiro atoms. The predicted octanol–water partition coefficient (Wildman–Crippen LogP) is 1.74. The highest BCUT2D eigenvalue weighted by atomic mass is 35.5. The Balaban J connectivity index is 0.000000720. The summed E-state index contributed by atoms with van der Waals surface area (Å²) < 4.78 is 0.